The third kappa shape index (κ3) is 17.7. The molecular weight excluding hydrogens is 1110 g/mol. The van der Waals surface area contributed by atoms with Crippen molar-refractivity contribution < 1.29 is 44.5 Å². The number of halogens is 1. The van der Waals surface area contributed by atoms with Crippen LogP contribution in [-0.2, 0) is 19.1 Å². The summed E-state index contributed by atoms with van der Waals surface area (Å²) >= 11 is 3.13. The monoisotopic (exact) mass is 1190 g/mol. The molecule has 3 aromatic carbocycles. The number of nitriles is 3. The van der Waals surface area contributed by atoms with Crippen LogP contribution in [0.4, 0.5) is 17.1 Å². The number of esters is 2. The summed E-state index contributed by atoms with van der Waals surface area (Å²) in [5, 5.41) is 44.4. The Balaban J connectivity index is 0.000000303. The van der Waals surface area contributed by atoms with Crippen molar-refractivity contribution in [2.75, 3.05) is 74.8 Å². The number of hydrogen-bond acceptors (Lipinski definition) is 20. The fraction of sp³-hybridized carbons (Fsp3) is 0.508. The van der Waals surface area contributed by atoms with Gasteiger partial charge in [-0.05, 0) is 115 Å². The van der Waals surface area contributed by atoms with E-state index in [0.29, 0.717) is 51.0 Å². The third-order valence-corrected chi connectivity index (χ3v) is 14.5. The van der Waals surface area contributed by atoms with Gasteiger partial charge in [0.15, 0.2) is 17.4 Å². The van der Waals surface area contributed by atoms with Gasteiger partial charge in [0.1, 0.15) is 61.2 Å². The number of aliphatic hydroxyl groups is 1. The number of nitrogens with zero attached hydrogens (tertiary/aromatic N) is 12. The summed E-state index contributed by atoms with van der Waals surface area (Å²) in [7, 11) is 2.77. The van der Waals surface area contributed by atoms with Gasteiger partial charge in [-0.3, -0.25) is 44.8 Å². The number of carbonyl (C=O) groups excluding carboxylic acids is 2. The number of hydrogen-bond donors (Lipinski definition) is 4. The number of alkyl halides is 1. The van der Waals surface area contributed by atoms with Crippen LogP contribution in [0, 0.1) is 51.7 Å². The molecule has 6 atom stereocenters. The summed E-state index contributed by atoms with van der Waals surface area (Å²) in [4.78, 5) is 55.8. The van der Waals surface area contributed by atoms with Crippen LogP contribution in [0.15, 0.2) is 73.6 Å². The Bertz CT molecular complexity index is 3260. The molecule has 0 radical (unpaired) electrons. The van der Waals surface area contributed by atoms with Crippen molar-refractivity contribution in [3.05, 3.63) is 90.3 Å². The summed E-state index contributed by atoms with van der Waals surface area (Å²) in [6.45, 7) is 23.1. The van der Waals surface area contributed by atoms with E-state index in [1.807, 2.05) is 58.0 Å². The van der Waals surface area contributed by atoms with Crippen LogP contribution < -0.4 is 49.9 Å². The van der Waals surface area contributed by atoms with Gasteiger partial charge in [-0.15, -0.1) is 0 Å². The Morgan fingerprint density at radius 1 is 0.598 bits per heavy atom. The molecule has 0 amide bonds. The molecule has 3 aliphatic rings. The van der Waals surface area contributed by atoms with Crippen LogP contribution in [-0.4, -0.2) is 158 Å². The molecule has 6 heterocycles. The maximum absolute atomic E-state index is 12.0. The fourth-order valence-corrected chi connectivity index (χ4v) is 10.9. The van der Waals surface area contributed by atoms with Gasteiger partial charge in [0, 0.05) is 100 Å². The molecular formula is C59H80AlBrLiN15O5. The summed E-state index contributed by atoms with van der Waals surface area (Å²) in [5.41, 5.74) is 13.9. The molecule has 0 saturated carbocycles. The number of rotatable bonds is 10. The minimum Gasteiger partial charge on any atom is -1.00 e. The van der Waals surface area contributed by atoms with Gasteiger partial charge in [0.05, 0.1) is 54.6 Å². The van der Waals surface area contributed by atoms with Crippen molar-refractivity contribution in [2.24, 2.45) is 23.5 Å². The third-order valence-electron chi connectivity index (χ3n) is 14.1. The number of fused-ring (bicyclic) bond motifs is 3. The number of nitrogens with one attached hydrogen (secondary N) is 2. The predicted octanol–water partition coefficient (Wildman–Crippen LogP) is 3.27. The molecule has 3 aromatic heterocycles. The average Bonchev–Trinajstić information content (AvgIpc) is 3.64. The molecule has 3 saturated heterocycles. The number of carbonyl (C=O) groups is 2. The summed E-state index contributed by atoms with van der Waals surface area (Å²) in [6, 6.07) is 18.5. The summed E-state index contributed by atoms with van der Waals surface area (Å²) < 4.78 is 8.80. The molecule has 20 nitrogen and oxygen atoms in total. The van der Waals surface area contributed by atoms with E-state index in [1.165, 1.54) is 14.2 Å². The first kappa shape index (κ1) is 68.4. The van der Waals surface area contributed by atoms with Crippen molar-refractivity contribution in [1.82, 2.24) is 40.5 Å². The number of anilines is 3. The van der Waals surface area contributed by atoms with E-state index in [0.717, 1.165) is 92.1 Å². The molecule has 3 aliphatic heterocycles. The number of ether oxygens (including phenoxy) is 2. The van der Waals surface area contributed by atoms with Gasteiger partial charge < -0.3 is 41.8 Å². The zero-order valence-corrected chi connectivity index (χ0v) is 50.5. The molecule has 9 rings (SSSR count). The van der Waals surface area contributed by atoms with Crippen molar-refractivity contribution in [3.8, 4) is 18.2 Å². The van der Waals surface area contributed by atoms with E-state index in [9.17, 15) is 25.2 Å². The Labute approximate surface area is 514 Å². The largest absolute Gasteiger partial charge is 1.00 e. The topological polar surface area (TPSA) is 281 Å². The normalized spacial score (nSPS) is 19.8. The maximum atomic E-state index is 12.0. The number of aliphatic hydroxyl groups excluding tert-OH is 1. The van der Waals surface area contributed by atoms with Crippen LogP contribution >= 0.6 is 15.9 Å². The van der Waals surface area contributed by atoms with Crippen LogP contribution in [0.3, 0.4) is 0 Å². The van der Waals surface area contributed by atoms with Crippen molar-refractivity contribution in [2.45, 2.75) is 115 Å². The Kier molecular flexibility index (Phi) is 25.4. The van der Waals surface area contributed by atoms with Crippen LogP contribution in [0.25, 0.3) is 33.1 Å². The van der Waals surface area contributed by atoms with Gasteiger partial charge in [0.2, 0.25) is 0 Å². The number of benzene rings is 3. The second-order valence-corrected chi connectivity index (χ2v) is 24.8. The second kappa shape index (κ2) is 30.5. The van der Waals surface area contributed by atoms with E-state index in [4.69, 9.17) is 15.7 Å². The van der Waals surface area contributed by atoms with E-state index in [2.05, 4.69) is 115 Å². The minimum absolute atomic E-state index is 0. The molecule has 0 bridgehead atoms. The first-order valence-electron chi connectivity index (χ1n) is 26.9. The van der Waals surface area contributed by atoms with Gasteiger partial charge in [-0.1, -0.05) is 36.7 Å². The van der Waals surface area contributed by atoms with Crippen molar-refractivity contribution in [3.63, 3.8) is 0 Å². The molecule has 82 heavy (non-hydrogen) atoms. The number of nitrogens with two attached hydrogens (primary N) is 1. The molecule has 3 fully saturated rings. The average molecular weight is 1190 g/mol. The zero-order valence-electron chi connectivity index (χ0n) is 49.9. The molecule has 6 aromatic rings. The Hall–Kier alpha value is -6.06. The van der Waals surface area contributed by atoms with Crippen LogP contribution in [0.5, 0.6) is 0 Å². The molecule has 432 valence electrons. The van der Waals surface area contributed by atoms with Gasteiger partial charge in [-0.25, -0.2) is 0 Å². The first-order chi connectivity index (χ1) is 37.9. The van der Waals surface area contributed by atoms with Crippen LogP contribution in [0.1, 0.15) is 99.7 Å². The van der Waals surface area contributed by atoms with Gasteiger partial charge in [-0.2, -0.15) is 15.8 Å². The number of piperidine rings is 3. The zero-order chi connectivity index (χ0) is 58.5. The molecule has 23 heteroatoms. The SMILES string of the molecule is COC(=O)C(C)(C)Br.COC(=O)C(C)(C)N[C@@H]1C[C@H](C)CN(c2ccc(C#N)c3nccnc23)C1.C[C@H]1C[C@@H](N)CN(c2ccc(C#N)c3nccnc23)C1.C[C@H]1C[C@@H](NC(C)(C)CO)CN(c2ccc(C#N)c3nccnc23)C1.[AlH3].[H-].[Li+]. The summed E-state index contributed by atoms with van der Waals surface area (Å²) in [6.07, 6.45) is 12.9. The quantitative estimate of drug-likeness (QED) is 0.0870. The standard InChI is InChI=1S/C20H25N5O2.C19H25N5O.C15H17N5.C5H9BrO2.Al.Li.4H/c1-13-9-15(24-20(2,3)19(26)27-4)12-25(11-13)16-6-5-14(10-21)17-18(16)23-8-7-22-17;1-13-8-15(23-19(2,3)12-25)11-24(10-13)16-5-4-14(9-20)17-18(16)22-7-6-21-17;1-10-6-12(17)9-20(8-10)13-3-2-11(7-16)14-15(13)19-5-4-18-14;1-5(2,6)4(7)8-3;;;;;;/h5-8,13,15,24H,9,11-12H2,1-4H3;4-7,13,15,23,25H,8,10-12H2,1-3H3;2-5,10,12H,6,8-9,17H2,1H3;1-3H3;;;;;;/q;;;;;+1;;;;-1/t2*13-,15+;10-,12+;;;;;;;/m000......./s1. The number of aromatic nitrogens is 6. The van der Waals surface area contributed by atoms with Crippen molar-refractivity contribution in [1.29, 1.82) is 15.8 Å². The smallest absolute Gasteiger partial charge is 1.00 e. The Morgan fingerprint density at radius 2 is 0.927 bits per heavy atom. The van der Waals surface area contributed by atoms with E-state index in [1.54, 1.807) is 57.1 Å². The van der Waals surface area contributed by atoms with E-state index in [-0.39, 0.29) is 79.9 Å². The molecule has 0 aliphatic carbocycles. The summed E-state index contributed by atoms with van der Waals surface area (Å²) in [5.74, 6) is 0.982. The van der Waals surface area contributed by atoms with Crippen molar-refractivity contribution >= 4 is 95.4 Å². The second-order valence-electron chi connectivity index (χ2n) is 22.8. The van der Waals surface area contributed by atoms with Gasteiger partial charge in [0.25, 0.3) is 0 Å². The van der Waals surface area contributed by atoms with Crippen LogP contribution in [0.2, 0.25) is 0 Å². The predicted molar refractivity (Wildman–Crippen MR) is 326 cm³/mol. The van der Waals surface area contributed by atoms with Gasteiger partial charge >= 0.3 is 30.8 Å². The molecule has 5 N–H and O–H groups in total. The number of methoxy groups -OCH3 is 2. The molecule has 0 unspecified atom stereocenters. The molecule has 0 spiro atoms. The fourth-order valence-electron chi connectivity index (χ4n) is 10.7. The maximum Gasteiger partial charge on any atom is 1.00 e. The Morgan fingerprint density at radius 3 is 1.23 bits per heavy atom. The minimum atomic E-state index is -0.755. The van der Waals surface area contributed by atoms with E-state index < -0.39 is 9.86 Å². The van der Waals surface area contributed by atoms with E-state index >= 15 is 0 Å². The first-order valence-corrected chi connectivity index (χ1v) is 27.7.